The maximum absolute atomic E-state index is 2.35. The Morgan fingerprint density at radius 1 is 0.577 bits per heavy atom. The van der Waals surface area contributed by atoms with Gasteiger partial charge in [-0.2, -0.15) is 0 Å². The van der Waals surface area contributed by atoms with Crippen LogP contribution in [0.2, 0.25) is 0 Å². The number of aryl methyl sites for hydroxylation is 2. The normalized spacial score (nSPS) is 14.5. The van der Waals surface area contributed by atoms with Crippen LogP contribution >= 0.6 is 0 Å². The van der Waals surface area contributed by atoms with Crippen molar-refractivity contribution in [2.75, 3.05) is 16.4 Å². The summed E-state index contributed by atoms with van der Waals surface area (Å²) < 4.78 is 0. The number of benzene rings is 3. The van der Waals surface area contributed by atoms with E-state index in [1.165, 1.54) is 57.4 Å². The van der Waals surface area contributed by atoms with Gasteiger partial charge in [0.25, 0.3) is 0 Å². The van der Waals surface area contributed by atoms with Crippen LogP contribution in [0.25, 0.3) is 0 Å². The van der Waals surface area contributed by atoms with Gasteiger partial charge in [0.2, 0.25) is 0 Å². The number of hydrogen-bond acceptors (Lipinski definition) is 1. The van der Waals surface area contributed by atoms with Gasteiger partial charge in [-0.1, -0.05) is 35.4 Å². The molecule has 0 saturated carbocycles. The molecule has 1 heterocycles. The molecule has 3 aromatic carbocycles. The van der Waals surface area contributed by atoms with Crippen LogP contribution in [0.4, 0.5) is 17.1 Å². The van der Waals surface area contributed by atoms with E-state index in [4.69, 9.17) is 0 Å². The van der Waals surface area contributed by atoms with Crippen molar-refractivity contribution < 1.29 is 0 Å². The molecule has 0 bridgehead atoms. The first-order valence-electron chi connectivity index (χ1n) is 9.42. The zero-order chi connectivity index (χ0) is 17.9. The summed E-state index contributed by atoms with van der Waals surface area (Å²) in [5, 5.41) is 0. The Morgan fingerprint density at radius 3 is 1.38 bits per heavy atom. The molecule has 132 valence electrons. The Labute approximate surface area is 160 Å². The zero-order valence-corrected chi connectivity index (χ0v) is 16.4. The van der Waals surface area contributed by atoms with E-state index in [1.807, 2.05) is 0 Å². The van der Waals surface area contributed by atoms with Gasteiger partial charge in [0.15, 0.2) is 4.90 Å². The van der Waals surface area contributed by atoms with Gasteiger partial charge >= 0.3 is 0 Å². The fourth-order valence-corrected chi connectivity index (χ4v) is 5.81. The fraction of sp³-hybridized carbons (Fsp3) is 0.250. The van der Waals surface area contributed by atoms with Gasteiger partial charge in [0, 0.05) is 28.0 Å². The SMILES string of the molecule is Cc1ccc(N(c2ccc(C)cc2)c2ccc([S+]3CCCC3)cc2)cc1. The molecular formula is C24H26NS+. The molecular weight excluding hydrogens is 334 g/mol. The highest BCUT2D eigenvalue weighted by Crippen LogP contribution is 2.35. The highest BCUT2D eigenvalue weighted by atomic mass is 32.2. The first-order valence-corrected chi connectivity index (χ1v) is 11.0. The monoisotopic (exact) mass is 360 g/mol. The van der Waals surface area contributed by atoms with Crippen molar-refractivity contribution in [2.24, 2.45) is 0 Å². The molecule has 3 aromatic rings. The standard InChI is InChI=1S/C24H26NS/c1-19-5-9-21(10-6-19)25(22-11-7-20(2)8-12-22)23-13-15-24(16-14-23)26-17-3-4-18-26/h5-16H,3-4,17-18H2,1-2H3/q+1. The predicted octanol–water partition coefficient (Wildman–Crippen LogP) is 6.54. The van der Waals surface area contributed by atoms with Crippen LogP contribution in [0.5, 0.6) is 0 Å². The molecule has 1 aliphatic heterocycles. The third-order valence-corrected chi connectivity index (χ3v) is 7.55. The largest absolute Gasteiger partial charge is 0.310 e. The Kier molecular flexibility index (Phi) is 5.03. The second kappa shape index (κ2) is 7.59. The number of anilines is 3. The van der Waals surface area contributed by atoms with Crippen molar-refractivity contribution in [2.45, 2.75) is 31.6 Å². The van der Waals surface area contributed by atoms with E-state index in [9.17, 15) is 0 Å². The summed E-state index contributed by atoms with van der Waals surface area (Å²) in [5.74, 6) is 2.75. The molecule has 2 heteroatoms. The second-order valence-electron chi connectivity index (χ2n) is 7.11. The molecule has 0 atom stereocenters. The maximum Gasteiger partial charge on any atom is 0.155 e. The molecule has 0 spiro atoms. The number of hydrogen-bond donors (Lipinski definition) is 0. The molecule has 26 heavy (non-hydrogen) atoms. The van der Waals surface area contributed by atoms with Crippen molar-refractivity contribution in [1.29, 1.82) is 0 Å². The van der Waals surface area contributed by atoms with Crippen LogP contribution in [0.3, 0.4) is 0 Å². The molecule has 0 radical (unpaired) electrons. The summed E-state index contributed by atoms with van der Waals surface area (Å²) in [5.41, 5.74) is 6.21. The van der Waals surface area contributed by atoms with Gasteiger partial charge in [-0.15, -0.1) is 0 Å². The predicted molar refractivity (Wildman–Crippen MR) is 115 cm³/mol. The number of rotatable bonds is 4. The van der Waals surface area contributed by atoms with E-state index in [-0.39, 0.29) is 0 Å². The average Bonchev–Trinajstić information content (AvgIpc) is 3.20. The molecule has 1 nitrogen and oxygen atoms in total. The van der Waals surface area contributed by atoms with E-state index < -0.39 is 0 Å². The zero-order valence-electron chi connectivity index (χ0n) is 15.6. The Bertz CT molecular complexity index is 799. The van der Waals surface area contributed by atoms with Gasteiger partial charge in [-0.3, -0.25) is 0 Å². The first kappa shape index (κ1) is 17.2. The van der Waals surface area contributed by atoms with Crippen molar-refractivity contribution >= 4 is 28.0 Å². The molecule has 1 saturated heterocycles. The molecule has 0 aliphatic carbocycles. The lowest BCUT2D eigenvalue weighted by Crippen LogP contribution is -2.10. The summed E-state index contributed by atoms with van der Waals surface area (Å²) in [4.78, 5) is 3.87. The highest BCUT2D eigenvalue weighted by molar-refractivity contribution is 7.97. The third kappa shape index (κ3) is 3.66. The van der Waals surface area contributed by atoms with Gasteiger partial charge in [-0.25, -0.2) is 0 Å². The van der Waals surface area contributed by atoms with E-state index in [1.54, 1.807) is 0 Å². The Morgan fingerprint density at radius 2 is 0.962 bits per heavy atom. The molecule has 1 aliphatic rings. The third-order valence-electron chi connectivity index (χ3n) is 5.04. The van der Waals surface area contributed by atoms with Crippen LogP contribution in [0.1, 0.15) is 24.0 Å². The van der Waals surface area contributed by atoms with Crippen LogP contribution in [0, 0.1) is 13.8 Å². The summed E-state index contributed by atoms with van der Waals surface area (Å²) in [6.07, 6.45) is 2.79. The average molecular weight is 361 g/mol. The minimum atomic E-state index is 0.474. The Hall–Kier alpha value is -2.19. The van der Waals surface area contributed by atoms with Crippen molar-refractivity contribution in [1.82, 2.24) is 0 Å². The molecule has 4 rings (SSSR count). The minimum absolute atomic E-state index is 0.474. The van der Waals surface area contributed by atoms with Crippen molar-refractivity contribution in [3.05, 3.63) is 83.9 Å². The van der Waals surface area contributed by atoms with Gasteiger partial charge in [0.05, 0.1) is 0 Å². The molecule has 0 unspecified atom stereocenters. The molecule has 1 fully saturated rings. The van der Waals surface area contributed by atoms with E-state index in [0.717, 1.165) is 0 Å². The van der Waals surface area contributed by atoms with Crippen LogP contribution in [-0.4, -0.2) is 11.5 Å². The van der Waals surface area contributed by atoms with E-state index in [2.05, 4.69) is 91.5 Å². The summed E-state index contributed by atoms with van der Waals surface area (Å²) in [6.45, 7) is 4.27. The van der Waals surface area contributed by atoms with E-state index >= 15 is 0 Å². The summed E-state index contributed by atoms with van der Waals surface area (Å²) >= 11 is 0. The Balaban J connectivity index is 1.72. The van der Waals surface area contributed by atoms with Gasteiger partial charge < -0.3 is 4.90 Å². The molecule has 0 N–H and O–H groups in total. The maximum atomic E-state index is 2.35. The van der Waals surface area contributed by atoms with Crippen LogP contribution < -0.4 is 4.90 Å². The quantitative estimate of drug-likeness (QED) is 0.477. The van der Waals surface area contributed by atoms with Gasteiger partial charge in [-0.05, 0) is 75.2 Å². The topological polar surface area (TPSA) is 3.24 Å². The second-order valence-corrected chi connectivity index (χ2v) is 9.38. The van der Waals surface area contributed by atoms with Crippen molar-refractivity contribution in [3.63, 3.8) is 0 Å². The minimum Gasteiger partial charge on any atom is -0.310 e. The molecule has 0 amide bonds. The number of nitrogens with zero attached hydrogens (tertiary/aromatic N) is 1. The fourth-order valence-electron chi connectivity index (χ4n) is 3.51. The van der Waals surface area contributed by atoms with Crippen LogP contribution in [0.15, 0.2) is 77.7 Å². The van der Waals surface area contributed by atoms with Crippen molar-refractivity contribution in [3.8, 4) is 0 Å². The summed E-state index contributed by atoms with van der Waals surface area (Å²) in [7, 11) is 0.474. The summed E-state index contributed by atoms with van der Waals surface area (Å²) in [6, 6.07) is 26.9. The lowest BCUT2D eigenvalue weighted by atomic mass is 10.1. The lowest BCUT2D eigenvalue weighted by molar-refractivity contribution is 0.949. The first-order chi connectivity index (χ1) is 12.7. The van der Waals surface area contributed by atoms with E-state index in [0.29, 0.717) is 10.9 Å². The smallest absolute Gasteiger partial charge is 0.155 e. The molecule has 0 aromatic heterocycles. The van der Waals surface area contributed by atoms with Gasteiger partial charge in [0.1, 0.15) is 11.5 Å². The lowest BCUT2D eigenvalue weighted by Gasteiger charge is -2.25. The van der Waals surface area contributed by atoms with Crippen LogP contribution in [-0.2, 0) is 10.9 Å². The highest BCUT2D eigenvalue weighted by Gasteiger charge is 2.26.